The van der Waals surface area contributed by atoms with Crippen molar-refractivity contribution in [2.75, 3.05) is 7.11 Å². The average molecular weight is 390 g/mol. The van der Waals surface area contributed by atoms with Gasteiger partial charge in [0.1, 0.15) is 5.75 Å². The fourth-order valence-corrected chi connectivity index (χ4v) is 5.68. The monoisotopic (exact) mass is 389 g/mol. The van der Waals surface area contributed by atoms with Gasteiger partial charge in [-0.15, -0.1) is 0 Å². The van der Waals surface area contributed by atoms with E-state index >= 15 is 0 Å². The average Bonchev–Trinajstić information content (AvgIpc) is 2.76. The van der Waals surface area contributed by atoms with Crippen LogP contribution in [0.15, 0.2) is 12.1 Å². The van der Waals surface area contributed by atoms with Gasteiger partial charge in [0.15, 0.2) is 0 Å². The summed E-state index contributed by atoms with van der Waals surface area (Å²) in [5.74, 6) is 1.12. The minimum atomic E-state index is -0.195. The topological polar surface area (TPSA) is 33.0 Å². The van der Waals surface area contributed by atoms with Crippen molar-refractivity contribution in [2.24, 2.45) is 0 Å². The summed E-state index contributed by atoms with van der Waals surface area (Å²) < 4.78 is 5.88. The summed E-state index contributed by atoms with van der Waals surface area (Å²) in [5.41, 5.74) is 12.1. The molecule has 0 fully saturated rings. The van der Waals surface area contributed by atoms with E-state index in [4.69, 9.17) is 4.74 Å². The molecule has 1 aliphatic carbocycles. The van der Waals surface area contributed by atoms with Gasteiger partial charge in [-0.05, 0) is 82.2 Å². The lowest BCUT2D eigenvalue weighted by molar-refractivity contribution is 0.404. The van der Waals surface area contributed by atoms with Crippen LogP contribution in [0.5, 0.6) is 5.75 Å². The van der Waals surface area contributed by atoms with Crippen LogP contribution in [0.1, 0.15) is 103 Å². The Morgan fingerprint density at radius 3 is 1.76 bits per heavy atom. The number of ether oxygens (including phenoxy) is 1. The molecule has 154 valence electrons. The van der Waals surface area contributed by atoms with E-state index in [0.717, 1.165) is 37.9 Å². The summed E-state index contributed by atoms with van der Waals surface area (Å²) in [6.07, 6.45) is 4.92. The maximum atomic E-state index is 10.3. The van der Waals surface area contributed by atoms with E-state index in [0.29, 0.717) is 0 Å². The second-order valence-corrected chi connectivity index (χ2v) is 8.10. The van der Waals surface area contributed by atoms with Gasteiger partial charge < -0.3 is 4.74 Å². The highest BCUT2D eigenvalue weighted by Crippen LogP contribution is 2.50. The van der Waals surface area contributed by atoms with Gasteiger partial charge in [-0.25, -0.2) is 0 Å². The van der Waals surface area contributed by atoms with Crippen molar-refractivity contribution in [1.29, 1.82) is 5.26 Å². The zero-order chi connectivity index (χ0) is 21.3. The van der Waals surface area contributed by atoms with E-state index in [1.807, 2.05) is 0 Å². The first-order chi connectivity index (χ1) is 14.0. The number of nitriles is 1. The minimum Gasteiger partial charge on any atom is -0.496 e. The van der Waals surface area contributed by atoms with Gasteiger partial charge in [-0.1, -0.05) is 53.7 Å². The van der Waals surface area contributed by atoms with E-state index in [9.17, 15) is 5.26 Å². The van der Waals surface area contributed by atoms with Gasteiger partial charge in [0, 0.05) is 5.92 Å². The maximum absolute atomic E-state index is 10.3. The number of methoxy groups -OCH3 is 1. The molecule has 2 aromatic carbocycles. The van der Waals surface area contributed by atoms with Crippen molar-refractivity contribution >= 4 is 0 Å². The number of benzene rings is 2. The Morgan fingerprint density at radius 1 is 0.793 bits per heavy atom. The van der Waals surface area contributed by atoms with Crippen molar-refractivity contribution in [3.63, 3.8) is 0 Å². The molecule has 0 saturated heterocycles. The van der Waals surface area contributed by atoms with Gasteiger partial charge in [0.25, 0.3) is 0 Å². The summed E-state index contributed by atoms with van der Waals surface area (Å²) in [7, 11) is 1.78. The summed E-state index contributed by atoms with van der Waals surface area (Å²) in [5, 5.41) is 10.3. The third-order valence-electron chi connectivity index (χ3n) is 6.89. The molecule has 1 aliphatic rings. The molecule has 2 unspecified atom stereocenters. The molecule has 0 saturated carbocycles. The van der Waals surface area contributed by atoms with Crippen LogP contribution in [0.4, 0.5) is 0 Å². The molecule has 0 spiro atoms. The molecule has 0 bridgehead atoms. The van der Waals surface area contributed by atoms with Crippen LogP contribution in [-0.4, -0.2) is 7.11 Å². The van der Waals surface area contributed by atoms with Crippen molar-refractivity contribution in [1.82, 2.24) is 0 Å². The first kappa shape index (κ1) is 21.4. The van der Waals surface area contributed by atoms with Crippen molar-refractivity contribution in [2.45, 2.75) is 85.5 Å². The van der Waals surface area contributed by atoms with Crippen LogP contribution in [0, 0.1) is 11.3 Å². The van der Waals surface area contributed by atoms with Gasteiger partial charge >= 0.3 is 0 Å². The van der Waals surface area contributed by atoms with Gasteiger partial charge in [0.2, 0.25) is 0 Å². The Bertz CT molecular complexity index is 892. The molecule has 0 radical (unpaired) electrons. The molecule has 2 heteroatoms. The van der Waals surface area contributed by atoms with Crippen molar-refractivity contribution < 1.29 is 4.74 Å². The molecule has 0 heterocycles. The number of aryl methyl sites for hydroxylation is 2. The van der Waals surface area contributed by atoms with E-state index in [2.05, 4.69) is 59.7 Å². The third-order valence-corrected chi connectivity index (χ3v) is 6.89. The largest absolute Gasteiger partial charge is 0.496 e. The van der Waals surface area contributed by atoms with Crippen molar-refractivity contribution in [3.8, 4) is 11.8 Å². The molecule has 0 N–H and O–H groups in total. The minimum absolute atomic E-state index is 0.195. The number of nitrogens with zero attached hydrogens (tertiary/aromatic N) is 1. The normalized spacial score (nSPS) is 17.4. The smallest absolute Gasteiger partial charge is 0.125 e. The zero-order valence-electron chi connectivity index (χ0n) is 19.2. The number of fused-ring (bicyclic) bond motifs is 2. The fraction of sp³-hybridized carbons (Fsp3) is 0.519. The standard InChI is InChI=1S/C27H35NO/c1-8-17-13-22-24(15-28)23-14-18(9-2)27(29-7)21(12-5)26(23)16(6)25(22)20(11-4)19(17)10-3/h13-14,16,24H,8-12H2,1-7H3. The molecule has 0 aliphatic heterocycles. The molecule has 29 heavy (non-hydrogen) atoms. The first-order valence-electron chi connectivity index (χ1n) is 11.3. The Kier molecular flexibility index (Phi) is 6.37. The predicted octanol–water partition coefficient (Wildman–Crippen LogP) is 6.63. The number of hydrogen-bond acceptors (Lipinski definition) is 2. The molecule has 2 aromatic rings. The van der Waals surface area contributed by atoms with E-state index < -0.39 is 0 Å². The molecular weight excluding hydrogens is 354 g/mol. The Morgan fingerprint density at radius 2 is 1.31 bits per heavy atom. The van der Waals surface area contributed by atoms with E-state index in [-0.39, 0.29) is 11.8 Å². The highest BCUT2D eigenvalue weighted by Gasteiger charge is 2.36. The summed E-state index contributed by atoms with van der Waals surface area (Å²) in [6.45, 7) is 13.5. The summed E-state index contributed by atoms with van der Waals surface area (Å²) in [4.78, 5) is 0. The van der Waals surface area contributed by atoms with Crippen molar-refractivity contribution in [3.05, 3.63) is 62.2 Å². The van der Waals surface area contributed by atoms with Gasteiger partial charge in [-0.2, -0.15) is 5.26 Å². The Balaban J connectivity index is 2.44. The fourth-order valence-electron chi connectivity index (χ4n) is 5.68. The second kappa shape index (κ2) is 8.62. The molecule has 0 amide bonds. The third kappa shape index (κ3) is 3.16. The Hall–Kier alpha value is -2.27. The maximum Gasteiger partial charge on any atom is 0.125 e. The summed E-state index contributed by atoms with van der Waals surface area (Å²) in [6, 6.07) is 7.28. The highest BCUT2D eigenvalue weighted by atomic mass is 16.5. The first-order valence-corrected chi connectivity index (χ1v) is 11.3. The van der Waals surface area contributed by atoms with E-state index in [1.165, 1.54) is 50.1 Å². The quantitative estimate of drug-likeness (QED) is 0.555. The molecule has 2 atom stereocenters. The molecule has 0 aromatic heterocycles. The van der Waals surface area contributed by atoms with Crippen LogP contribution in [0.25, 0.3) is 0 Å². The molecule has 3 rings (SSSR count). The summed E-state index contributed by atoms with van der Waals surface area (Å²) >= 11 is 0. The van der Waals surface area contributed by atoms with Crippen LogP contribution in [-0.2, 0) is 32.1 Å². The number of rotatable bonds is 6. The van der Waals surface area contributed by atoms with Crippen LogP contribution < -0.4 is 4.74 Å². The Labute approximate surface area is 176 Å². The lowest BCUT2D eigenvalue weighted by Gasteiger charge is -2.36. The molecule has 2 nitrogen and oxygen atoms in total. The number of hydrogen-bond donors (Lipinski definition) is 0. The van der Waals surface area contributed by atoms with Gasteiger partial charge in [-0.3, -0.25) is 0 Å². The lowest BCUT2D eigenvalue weighted by atomic mass is 9.67. The SMILES string of the molecule is CCc1cc2c(c(CC)c1CC)C(C)c1c(cc(CC)c(OC)c1CC)C2C#N. The zero-order valence-corrected chi connectivity index (χ0v) is 19.2. The van der Waals surface area contributed by atoms with Gasteiger partial charge in [0.05, 0.1) is 19.1 Å². The molecular formula is C27H35NO. The lowest BCUT2D eigenvalue weighted by Crippen LogP contribution is -2.22. The second-order valence-electron chi connectivity index (χ2n) is 8.10. The van der Waals surface area contributed by atoms with Crippen LogP contribution >= 0.6 is 0 Å². The van der Waals surface area contributed by atoms with Crippen LogP contribution in [0.2, 0.25) is 0 Å². The van der Waals surface area contributed by atoms with Crippen LogP contribution in [0.3, 0.4) is 0 Å². The predicted molar refractivity (Wildman–Crippen MR) is 121 cm³/mol. The van der Waals surface area contributed by atoms with E-state index in [1.54, 1.807) is 7.11 Å². The highest BCUT2D eigenvalue weighted by molar-refractivity contribution is 5.65.